The van der Waals surface area contributed by atoms with Crippen LogP contribution >= 0.6 is 0 Å². The van der Waals surface area contributed by atoms with Gasteiger partial charge in [0.2, 0.25) is 0 Å². The Hall–Kier alpha value is -1.78. The molecule has 5 heteroatoms. The van der Waals surface area contributed by atoms with Crippen molar-refractivity contribution < 1.29 is 9.66 Å². The zero-order valence-corrected chi connectivity index (χ0v) is 10.4. The highest BCUT2D eigenvalue weighted by atomic mass is 16.6. The van der Waals surface area contributed by atoms with E-state index in [4.69, 9.17) is 4.74 Å². The lowest BCUT2D eigenvalue weighted by Gasteiger charge is -2.12. The Balaban J connectivity index is 2.97. The maximum absolute atomic E-state index is 10.8. The summed E-state index contributed by atoms with van der Waals surface area (Å²) >= 11 is 0. The molecule has 1 aromatic carbocycles. The molecule has 0 unspecified atom stereocenters. The van der Waals surface area contributed by atoms with Gasteiger partial charge in [-0.05, 0) is 26.3 Å². The molecule has 0 saturated heterocycles. The van der Waals surface area contributed by atoms with E-state index in [9.17, 15) is 10.1 Å². The zero-order chi connectivity index (χ0) is 12.8. The minimum Gasteiger partial charge on any atom is -0.484 e. The van der Waals surface area contributed by atoms with Crippen LogP contribution in [0.2, 0.25) is 0 Å². The van der Waals surface area contributed by atoms with Gasteiger partial charge in [-0.2, -0.15) is 0 Å². The lowest BCUT2D eigenvalue weighted by atomic mass is 10.2. The number of nitro benzene ring substituents is 1. The van der Waals surface area contributed by atoms with E-state index in [1.165, 1.54) is 6.07 Å². The standard InChI is InChI=1S/C12H18N2O3/c1-4-7-13-10-5-6-11(14(15)16)12(8-10)17-9(2)3/h5-6,8-9,13H,4,7H2,1-3H3. The van der Waals surface area contributed by atoms with Gasteiger partial charge in [0.05, 0.1) is 11.0 Å². The summed E-state index contributed by atoms with van der Waals surface area (Å²) in [6, 6.07) is 4.84. The van der Waals surface area contributed by atoms with Crippen molar-refractivity contribution in [3.05, 3.63) is 28.3 Å². The van der Waals surface area contributed by atoms with E-state index in [0.29, 0.717) is 5.75 Å². The zero-order valence-electron chi connectivity index (χ0n) is 10.4. The summed E-state index contributed by atoms with van der Waals surface area (Å²) in [7, 11) is 0. The van der Waals surface area contributed by atoms with Crippen molar-refractivity contribution in [1.82, 2.24) is 0 Å². The number of anilines is 1. The molecule has 0 aliphatic rings. The minimum atomic E-state index is -0.429. The third-order valence-electron chi connectivity index (χ3n) is 2.10. The Morgan fingerprint density at radius 3 is 2.71 bits per heavy atom. The predicted molar refractivity (Wildman–Crippen MR) is 67.6 cm³/mol. The third-order valence-corrected chi connectivity index (χ3v) is 2.10. The van der Waals surface area contributed by atoms with Crippen molar-refractivity contribution in [3.63, 3.8) is 0 Å². The number of ether oxygens (including phenoxy) is 1. The number of nitro groups is 1. The number of benzene rings is 1. The normalized spacial score (nSPS) is 10.4. The van der Waals surface area contributed by atoms with Crippen LogP contribution in [0.1, 0.15) is 27.2 Å². The average Bonchev–Trinajstić information content (AvgIpc) is 2.25. The Kier molecular flexibility index (Phi) is 4.75. The van der Waals surface area contributed by atoms with Crippen LogP contribution in [0.15, 0.2) is 18.2 Å². The fourth-order valence-electron chi connectivity index (χ4n) is 1.39. The van der Waals surface area contributed by atoms with E-state index in [-0.39, 0.29) is 11.8 Å². The molecule has 0 heterocycles. The molecule has 94 valence electrons. The van der Waals surface area contributed by atoms with E-state index in [1.54, 1.807) is 12.1 Å². The molecule has 0 fully saturated rings. The van der Waals surface area contributed by atoms with Gasteiger partial charge in [0.25, 0.3) is 0 Å². The van der Waals surface area contributed by atoms with Crippen LogP contribution in [0, 0.1) is 10.1 Å². The van der Waals surface area contributed by atoms with Crippen LogP contribution in [0.25, 0.3) is 0 Å². The first-order valence-electron chi connectivity index (χ1n) is 5.73. The Labute approximate surface area is 101 Å². The summed E-state index contributed by atoms with van der Waals surface area (Å²) in [4.78, 5) is 10.4. The summed E-state index contributed by atoms with van der Waals surface area (Å²) in [6.45, 7) is 6.58. The highest BCUT2D eigenvalue weighted by molar-refractivity contribution is 5.58. The van der Waals surface area contributed by atoms with Crippen LogP contribution < -0.4 is 10.1 Å². The summed E-state index contributed by atoms with van der Waals surface area (Å²) in [5.74, 6) is 0.311. The predicted octanol–water partition coefficient (Wildman–Crippen LogP) is 3.20. The molecule has 0 radical (unpaired) electrons. The second-order valence-corrected chi connectivity index (χ2v) is 4.03. The van der Waals surface area contributed by atoms with Crippen LogP contribution in [0.5, 0.6) is 5.75 Å². The molecule has 0 amide bonds. The van der Waals surface area contributed by atoms with E-state index in [2.05, 4.69) is 12.2 Å². The molecule has 0 bridgehead atoms. The molecular formula is C12H18N2O3. The van der Waals surface area contributed by atoms with Crippen molar-refractivity contribution in [2.75, 3.05) is 11.9 Å². The van der Waals surface area contributed by atoms with Gasteiger partial charge >= 0.3 is 5.69 Å². The summed E-state index contributed by atoms with van der Waals surface area (Å²) < 4.78 is 5.45. The maximum atomic E-state index is 10.8. The van der Waals surface area contributed by atoms with E-state index < -0.39 is 4.92 Å². The van der Waals surface area contributed by atoms with Gasteiger partial charge in [-0.1, -0.05) is 6.92 Å². The second-order valence-electron chi connectivity index (χ2n) is 4.03. The molecule has 0 spiro atoms. The molecule has 17 heavy (non-hydrogen) atoms. The first-order valence-corrected chi connectivity index (χ1v) is 5.73. The highest BCUT2D eigenvalue weighted by Crippen LogP contribution is 2.30. The quantitative estimate of drug-likeness (QED) is 0.610. The van der Waals surface area contributed by atoms with Gasteiger partial charge in [-0.3, -0.25) is 10.1 Å². The number of nitrogens with one attached hydrogen (secondary N) is 1. The van der Waals surface area contributed by atoms with E-state index >= 15 is 0 Å². The maximum Gasteiger partial charge on any atom is 0.311 e. The van der Waals surface area contributed by atoms with E-state index in [0.717, 1.165) is 18.7 Å². The molecule has 0 atom stereocenters. The van der Waals surface area contributed by atoms with Gasteiger partial charge < -0.3 is 10.1 Å². The summed E-state index contributed by atoms with van der Waals surface area (Å²) in [5, 5.41) is 14.0. The highest BCUT2D eigenvalue weighted by Gasteiger charge is 2.16. The summed E-state index contributed by atoms with van der Waals surface area (Å²) in [5.41, 5.74) is 0.842. The Morgan fingerprint density at radius 2 is 2.18 bits per heavy atom. The van der Waals surface area contributed by atoms with Crippen LogP contribution in [-0.4, -0.2) is 17.6 Å². The van der Waals surface area contributed by atoms with Crippen molar-refractivity contribution in [2.24, 2.45) is 0 Å². The van der Waals surface area contributed by atoms with Crippen molar-refractivity contribution in [3.8, 4) is 5.75 Å². The molecule has 1 aromatic rings. The van der Waals surface area contributed by atoms with Crippen LogP contribution in [-0.2, 0) is 0 Å². The smallest absolute Gasteiger partial charge is 0.311 e. The van der Waals surface area contributed by atoms with E-state index in [1.807, 2.05) is 13.8 Å². The molecule has 0 saturated carbocycles. The Bertz CT molecular complexity index is 391. The molecule has 5 nitrogen and oxygen atoms in total. The van der Waals surface area contributed by atoms with Crippen molar-refractivity contribution in [2.45, 2.75) is 33.3 Å². The molecule has 0 aromatic heterocycles. The average molecular weight is 238 g/mol. The van der Waals surface area contributed by atoms with Gasteiger partial charge in [0.15, 0.2) is 5.75 Å². The number of hydrogen-bond donors (Lipinski definition) is 1. The first-order chi connectivity index (χ1) is 8.04. The number of hydrogen-bond acceptors (Lipinski definition) is 4. The minimum absolute atomic E-state index is 0.000693. The van der Waals surface area contributed by atoms with Crippen LogP contribution in [0.4, 0.5) is 11.4 Å². The first kappa shape index (κ1) is 13.3. The number of nitrogens with zero attached hydrogens (tertiary/aromatic N) is 1. The monoisotopic (exact) mass is 238 g/mol. The SMILES string of the molecule is CCCNc1ccc([N+](=O)[O-])c(OC(C)C)c1. The topological polar surface area (TPSA) is 64.4 Å². The number of rotatable bonds is 6. The van der Waals surface area contributed by atoms with Gasteiger partial charge in [0.1, 0.15) is 0 Å². The molecular weight excluding hydrogens is 220 g/mol. The van der Waals surface area contributed by atoms with Gasteiger partial charge in [-0.25, -0.2) is 0 Å². The molecule has 0 aliphatic heterocycles. The van der Waals surface area contributed by atoms with Gasteiger partial charge in [0, 0.05) is 24.4 Å². The molecule has 0 aliphatic carbocycles. The van der Waals surface area contributed by atoms with Gasteiger partial charge in [-0.15, -0.1) is 0 Å². The largest absolute Gasteiger partial charge is 0.484 e. The fraction of sp³-hybridized carbons (Fsp3) is 0.500. The van der Waals surface area contributed by atoms with Crippen molar-refractivity contribution >= 4 is 11.4 Å². The second kappa shape index (κ2) is 6.08. The molecule has 1 N–H and O–H groups in total. The summed E-state index contributed by atoms with van der Waals surface area (Å²) in [6.07, 6.45) is 0.910. The lowest BCUT2D eigenvalue weighted by Crippen LogP contribution is -2.08. The molecule has 1 rings (SSSR count). The Morgan fingerprint density at radius 1 is 1.47 bits per heavy atom. The van der Waals surface area contributed by atoms with Crippen molar-refractivity contribution in [1.29, 1.82) is 0 Å². The lowest BCUT2D eigenvalue weighted by molar-refractivity contribution is -0.386. The fourth-order valence-corrected chi connectivity index (χ4v) is 1.39. The van der Waals surface area contributed by atoms with Crippen LogP contribution in [0.3, 0.4) is 0 Å². The third kappa shape index (κ3) is 3.94.